The van der Waals surface area contributed by atoms with Crippen molar-refractivity contribution in [2.24, 2.45) is 5.92 Å². The van der Waals surface area contributed by atoms with Gasteiger partial charge in [-0.15, -0.1) is 11.3 Å². The molecule has 22 heavy (non-hydrogen) atoms. The second-order valence-electron chi connectivity index (χ2n) is 5.84. The minimum atomic E-state index is 0.178. The molecule has 0 aromatic carbocycles. The monoisotopic (exact) mass is 320 g/mol. The fourth-order valence-corrected chi connectivity index (χ4v) is 3.93. The van der Waals surface area contributed by atoms with E-state index < -0.39 is 0 Å². The summed E-state index contributed by atoms with van der Waals surface area (Å²) < 4.78 is 7.90. The molecule has 0 radical (unpaired) electrons. The van der Waals surface area contributed by atoms with Crippen molar-refractivity contribution in [2.45, 2.75) is 46.4 Å². The fraction of sp³-hybridized carbons (Fsp3) is 0.625. The van der Waals surface area contributed by atoms with Gasteiger partial charge in [0.1, 0.15) is 0 Å². The quantitative estimate of drug-likeness (QED) is 0.889. The van der Waals surface area contributed by atoms with Crippen LogP contribution in [0.1, 0.15) is 40.6 Å². The van der Waals surface area contributed by atoms with Gasteiger partial charge in [-0.05, 0) is 27.2 Å². The topological polar surface area (TPSA) is 52.0 Å². The van der Waals surface area contributed by atoms with Crippen LogP contribution < -0.4 is 5.32 Å². The minimum Gasteiger partial charge on any atom is -0.373 e. The highest BCUT2D eigenvalue weighted by Gasteiger charge is 2.30. The third-order valence-electron chi connectivity index (χ3n) is 4.21. The molecule has 120 valence electrons. The molecule has 2 aromatic rings. The largest absolute Gasteiger partial charge is 0.373 e. The van der Waals surface area contributed by atoms with E-state index in [9.17, 15) is 0 Å². The highest BCUT2D eigenvalue weighted by molar-refractivity contribution is 7.11. The number of hydrogen-bond acceptors (Lipinski definition) is 5. The van der Waals surface area contributed by atoms with Gasteiger partial charge in [0, 0.05) is 48.8 Å². The number of thiazole rings is 1. The fourth-order valence-electron chi connectivity index (χ4n) is 3.02. The van der Waals surface area contributed by atoms with E-state index in [1.54, 1.807) is 11.3 Å². The lowest BCUT2D eigenvalue weighted by molar-refractivity contribution is 0.0904. The molecule has 3 rings (SSSR count). The molecule has 3 heterocycles. The Labute approximate surface area is 135 Å². The van der Waals surface area contributed by atoms with E-state index >= 15 is 0 Å². The second kappa shape index (κ2) is 6.89. The Balaban J connectivity index is 1.56. The smallest absolute Gasteiger partial charge is 0.0900 e. The summed E-state index contributed by atoms with van der Waals surface area (Å²) >= 11 is 1.78. The molecule has 1 aliphatic rings. The Morgan fingerprint density at radius 2 is 2.32 bits per heavy atom. The predicted octanol–water partition coefficient (Wildman–Crippen LogP) is 2.84. The van der Waals surface area contributed by atoms with Crippen LogP contribution in [0.15, 0.2) is 12.4 Å². The van der Waals surface area contributed by atoms with Crippen LogP contribution in [-0.4, -0.2) is 27.9 Å². The number of nitrogens with zero attached hydrogens (tertiary/aromatic N) is 3. The molecule has 0 spiro atoms. The lowest BCUT2D eigenvalue weighted by Crippen LogP contribution is -2.24. The Morgan fingerprint density at radius 1 is 1.45 bits per heavy atom. The third-order valence-corrected chi connectivity index (χ3v) is 5.28. The second-order valence-corrected chi connectivity index (χ2v) is 7.13. The standard InChI is InChI=1S/C16H24N4OS/c1-4-20-10-14(8-18-20)16-13(5-6-21-16)7-17-9-15-11(2)19-12(3)22-15/h8,10,13,16-17H,4-7,9H2,1-3H3/t13-,16-/m1/s1. The molecule has 2 aromatic heterocycles. The zero-order valence-electron chi connectivity index (χ0n) is 13.5. The van der Waals surface area contributed by atoms with E-state index in [1.165, 1.54) is 10.4 Å². The maximum atomic E-state index is 5.94. The van der Waals surface area contributed by atoms with Gasteiger partial charge < -0.3 is 10.1 Å². The van der Waals surface area contributed by atoms with Crippen LogP contribution >= 0.6 is 11.3 Å². The summed E-state index contributed by atoms with van der Waals surface area (Å²) in [5.74, 6) is 0.517. The first-order valence-electron chi connectivity index (χ1n) is 7.95. The number of hydrogen-bond donors (Lipinski definition) is 1. The van der Waals surface area contributed by atoms with Crippen LogP contribution in [0.3, 0.4) is 0 Å². The van der Waals surface area contributed by atoms with Crippen LogP contribution in [0, 0.1) is 19.8 Å². The van der Waals surface area contributed by atoms with Crippen molar-refractivity contribution in [3.05, 3.63) is 33.5 Å². The molecule has 6 heteroatoms. The van der Waals surface area contributed by atoms with Crippen molar-refractivity contribution in [1.29, 1.82) is 0 Å². The Kier molecular flexibility index (Phi) is 4.90. The number of aromatic nitrogens is 3. The highest BCUT2D eigenvalue weighted by atomic mass is 32.1. The molecule has 0 saturated carbocycles. The Bertz CT molecular complexity index is 621. The zero-order chi connectivity index (χ0) is 15.5. The van der Waals surface area contributed by atoms with Crippen molar-refractivity contribution in [3.8, 4) is 0 Å². The highest BCUT2D eigenvalue weighted by Crippen LogP contribution is 2.34. The molecular formula is C16H24N4OS. The average molecular weight is 320 g/mol. The summed E-state index contributed by atoms with van der Waals surface area (Å²) in [5, 5.41) is 9.09. The van der Waals surface area contributed by atoms with Gasteiger partial charge >= 0.3 is 0 Å². The van der Waals surface area contributed by atoms with Crippen molar-refractivity contribution < 1.29 is 4.74 Å². The van der Waals surface area contributed by atoms with Gasteiger partial charge in [-0.2, -0.15) is 5.10 Å². The normalized spacial score (nSPS) is 21.6. The molecule has 1 aliphatic heterocycles. The van der Waals surface area contributed by atoms with E-state index in [0.717, 1.165) is 43.4 Å². The van der Waals surface area contributed by atoms with Gasteiger partial charge in [0.15, 0.2) is 0 Å². The molecule has 1 saturated heterocycles. The van der Waals surface area contributed by atoms with E-state index in [-0.39, 0.29) is 6.10 Å². The Morgan fingerprint density at radius 3 is 3.00 bits per heavy atom. The van der Waals surface area contributed by atoms with Crippen LogP contribution in [0.25, 0.3) is 0 Å². The SMILES string of the molecule is CCn1cc([C@@H]2OCC[C@@H]2CNCc2sc(C)nc2C)cn1. The number of ether oxygens (including phenoxy) is 1. The first-order chi connectivity index (χ1) is 10.7. The van der Waals surface area contributed by atoms with Gasteiger partial charge in [-0.1, -0.05) is 0 Å². The first-order valence-corrected chi connectivity index (χ1v) is 8.76. The summed E-state index contributed by atoms with van der Waals surface area (Å²) in [6.07, 6.45) is 5.34. The van der Waals surface area contributed by atoms with Gasteiger partial charge in [0.25, 0.3) is 0 Å². The number of aryl methyl sites for hydroxylation is 3. The zero-order valence-corrected chi connectivity index (χ0v) is 14.3. The van der Waals surface area contributed by atoms with Crippen LogP contribution in [-0.2, 0) is 17.8 Å². The average Bonchev–Trinajstić information content (AvgIpc) is 3.19. The number of rotatable bonds is 6. The lowest BCUT2D eigenvalue weighted by atomic mass is 9.97. The molecule has 0 bridgehead atoms. The molecule has 2 atom stereocenters. The molecular weight excluding hydrogens is 296 g/mol. The van der Waals surface area contributed by atoms with Gasteiger partial charge in [-0.3, -0.25) is 4.68 Å². The summed E-state index contributed by atoms with van der Waals surface area (Å²) in [6, 6.07) is 0. The van der Waals surface area contributed by atoms with E-state index in [1.807, 2.05) is 10.9 Å². The number of nitrogens with one attached hydrogen (secondary N) is 1. The molecule has 0 amide bonds. The maximum Gasteiger partial charge on any atom is 0.0900 e. The Hall–Kier alpha value is -1.24. The molecule has 0 aliphatic carbocycles. The van der Waals surface area contributed by atoms with Crippen molar-refractivity contribution in [2.75, 3.05) is 13.2 Å². The van der Waals surface area contributed by atoms with Crippen molar-refractivity contribution in [3.63, 3.8) is 0 Å². The maximum absolute atomic E-state index is 5.94. The van der Waals surface area contributed by atoms with E-state index in [0.29, 0.717) is 5.92 Å². The molecule has 5 nitrogen and oxygen atoms in total. The first kappa shape index (κ1) is 15.6. The van der Waals surface area contributed by atoms with Crippen LogP contribution in [0.2, 0.25) is 0 Å². The van der Waals surface area contributed by atoms with E-state index in [2.05, 4.69) is 42.4 Å². The third kappa shape index (κ3) is 3.39. The molecule has 1 N–H and O–H groups in total. The van der Waals surface area contributed by atoms with Crippen LogP contribution in [0.4, 0.5) is 0 Å². The summed E-state index contributed by atoms with van der Waals surface area (Å²) in [5.41, 5.74) is 2.36. The summed E-state index contributed by atoms with van der Waals surface area (Å²) in [7, 11) is 0. The van der Waals surface area contributed by atoms with E-state index in [4.69, 9.17) is 4.74 Å². The van der Waals surface area contributed by atoms with Crippen LogP contribution in [0.5, 0.6) is 0 Å². The molecule has 0 unspecified atom stereocenters. The predicted molar refractivity (Wildman–Crippen MR) is 88.0 cm³/mol. The molecule has 1 fully saturated rings. The van der Waals surface area contributed by atoms with Crippen molar-refractivity contribution >= 4 is 11.3 Å². The van der Waals surface area contributed by atoms with Gasteiger partial charge in [0.05, 0.1) is 23.0 Å². The van der Waals surface area contributed by atoms with Gasteiger partial charge in [0.2, 0.25) is 0 Å². The minimum absolute atomic E-state index is 0.178. The van der Waals surface area contributed by atoms with Crippen molar-refractivity contribution in [1.82, 2.24) is 20.1 Å². The lowest BCUT2D eigenvalue weighted by Gasteiger charge is -2.17. The summed E-state index contributed by atoms with van der Waals surface area (Å²) in [6.45, 7) is 9.86. The summed E-state index contributed by atoms with van der Waals surface area (Å²) in [4.78, 5) is 5.82. The van der Waals surface area contributed by atoms with Gasteiger partial charge in [-0.25, -0.2) is 4.98 Å².